The third kappa shape index (κ3) is 2.52. The monoisotopic (exact) mass is 357 g/mol. The van der Waals surface area contributed by atoms with E-state index >= 15 is 0 Å². The van der Waals surface area contributed by atoms with Crippen LogP contribution in [-0.2, 0) is 6.42 Å². The minimum Gasteiger partial charge on any atom is -0.312 e. The first-order valence-electron chi connectivity index (χ1n) is 7.58. The Kier molecular flexibility index (Phi) is 3.62. The molecule has 0 unspecified atom stereocenters. The summed E-state index contributed by atoms with van der Waals surface area (Å²) in [7, 11) is 0. The molecule has 112 valence electrons. The van der Waals surface area contributed by atoms with E-state index in [2.05, 4.69) is 46.5 Å². The SMILES string of the molecule is Brc1ccc(Cc2ncnc3c2ncn3C2CCCC2)cn1. The lowest BCUT2D eigenvalue weighted by Gasteiger charge is -2.11. The Morgan fingerprint density at radius 2 is 1.95 bits per heavy atom. The van der Waals surface area contributed by atoms with E-state index in [1.165, 1.54) is 25.7 Å². The number of pyridine rings is 1. The fraction of sp³-hybridized carbons (Fsp3) is 0.375. The second-order valence-electron chi connectivity index (χ2n) is 5.75. The summed E-state index contributed by atoms with van der Waals surface area (Å²) in [5.74, 6) is 0. The highest BCUT2D eigenvalue weighted by Gasteiger charge is 2.20. The van der Waals surface area contributed by atoms with Crippen LogP contribution in [-0.4, -0.2) is 24.5 Å². The lowest BCUT2D eigenvalue weighted by atomic mass is 10.1. The lowest BCUT2D eigenvalue weighted by Crippen LogP contribution is -2.04. The molecule has 0 aromatic carbocycles. The smallest absolute Gasteiger partial charge is 0.163 e. The molecule has 3 heterocycles. The highest BCUT2D eigenvalue weighted by Crippen LogP contribution is 2.31. The van der Waals surface area contributed by atoms with Crippen LogP contribution < -0.4 is 0 Å². The minimum absolute atomic E-state index is 0.544. The summed E-state index contributed by atoms with van der Waals surface area (Å²) in [4.78, 5) is 17.8. The standard InChI is InChI=1S/C16H16BrN5/c17-14-6-5-11(8-18-14)7-13-15-16(20-9-19-13)22(10-21-15)12-3-1-2-4-12/h5-6,8-10,12H,1-4,7H2. The minimum atomic E-state index is 0.544. The van der Waals surface area contributed by atoms with Crippen LogP contribution in [0, 0.1) is 0 Å². The van der Waals surface area contributed by atoms with Crippen molar-refractivity contribution < 1.29 is 0 Å². The Hall–Kier alpha value is -1.82. The molecule has 6 heteroatoms. The van der Waals surface area contributed by atoms with Crippen molar-refractivity contribution in [1.29, 1.82) is 0 Å². The molecule has 0 radical (unpaired) electrons. The number of hydrogen-bond acceptors (Lipinski definition) is 4. The number of imidazole rings is 1. The average Bonchev–Trinajstić information content (AvgIpc) is 3.18. The maximum absolute atomic E-state index is 4.59. The number of aromatic nitrogens is 5. The molecule has 0 amide bonds. The van der Waals surface area contributed by atoms with Gasteiger partial charge in [0.15, 0.2) is 5.65 Å². The number of rotatable bonds is 3. The van der Waals surface area contributed by atoms with Gasteiger partial charge >= 0.3 is 0 Å². The molecule has 0 aliphatic heterocycles. The molecular formula is C16H16BrN5. The van der Waals surface area contributed by atoms with Crippen LogP contribution in [0.3, 0.4) is 0 Å². The summed E-state index contributed by atoms with van der Waals surface area (Å²) in [6.45, 7) is 0. The van der Waals surface area contributed by atoms with Crippen molar-refractivity contribution in [2.75, 3.05) is 0 Å². The first-order valence-corrected chi connectivity index (χ1v) is 8.37. The summed E-state index contributed by atoms with van der Waals surface area (Å²) in [5.41, 5.74) is 3.96. The molecule has 1 saturated carbocycles. The maximum Gasteiger partial charge on any atom is 0.163 e. The molecule has 0 saturated heterocycles. The molecule has 1 fully saturated rings. The maximum atomic E-state index is 4.59. The molecular weight excluding hydrogens is 342 g/mol. The number of fused-ring (bicyclic) bond motifs is 1. The van der Waals surface area contributed by atoms with Gasteiger partial charge in [-0.2, -0.15) is 0 Å². The predicted molar refractivity (Wildman–Crippen MR) is 87.6 cm³/mol. The number of halogens is 1. The van der Waals surface area contributed by atoms with Crippen LogP contribution in [0.2, 0.25) is 0 Å². The van der Waals surface area contributed by atoms with Gasteiger partial charge in [0.1, 0.15) is 16.4 Å². The van der Waals surface area contributed by atoms with Crippen molar-refractivity contribution in [3.05, 3.63) is 46.8 Å². The van der Waals surface area contributed by atoms with E-state index in [0.29, 0.717) is 6.04 Å². The molecule has 1 aliphatic rings. The molecule has 1 aliphatic carbocycles. The molecule has 3 aromatic rings. The number of nitrogens with zero attached hydrogens (tertiary/aromatic N) is 5. The van der Waals surface area contributed by atoms with Gasteiger partial charge in [-0.25, -0.2) is 19.9 Å². The van der Waals surface area contributed by atoms with Crippen molar-refractivity contribution in [2.45, 2.75) is 38.1 Å². The Balaban J connectivity index is 1.70. The van der Waals surface area contributed by atoms with Crippen molar-refractivity contribution in [3.8, 4) is 0 Å². The fourth-order valence-corrected chi connectivity index (χ4v) is 3.42. The third-order valence-electron chi connectivity index (χ3n) is 4.31. The van der Waals surface area contributed by atoms with Gasteiger partial charge in [0, 0.05) is 18.7 Å². The molecule has 0 spiro atoms. The van der Waals surface area contributed by atoms with E-state index < -0.39 is 0 Å². The van der Waals surface area contributed by atoms with Gasteiger partial charge in [0.25, 0.3) is 0 Å². The van der Waals surface area contributed by atoms with Gasteiger partial charge in [-0.05, 0) is 40.4 Å². The molecule has 3 aromatic heterocycles. The highest BCUT2D eigenvalue weighted by molar-refractivity contribution is 9.10. The molecule has 0 bridgehead atoms. The van der Waals surface area contributed by atoms with Gasteiger partial charge in [0.2, 0.25) is 0 Å². The zero-order valence-corrected chi connectivity index (χ0v) is 13.7. The molecule has 0 N–H and O–H groups in total. The van der Waals surface area contributed by atoms with E-state index in [-0.39, 0.29) is 0 Å². The van der Waals surface area contributed by atoms with Crippen molar-refractivity contribution >= 4 is 27.1 Å². The lowest BCUT2D eigenvalue weighted by molar-refractivity contribution is 0.529. The normalized spacial score (nSPS) is 15.7. The second kappa shape index (κ2) is 5.76. The molecule has 5 nitrogen and oxygen atoms in total. The summed E-state index contributed by atoms with van der Waals surface area (Å²) in [6, 6.07) is 4.55. The Morgan fingerprint density at radius 1 is 1.09 bits per heavy atom. The van der Waals surface area contributed by atoms with Crippen LogP contribution >= 0.6 is 15.9 Å². The van der Waals surface area contributed by atoms with Crippen LogP contribution in [0.5, 0.6) is 0 Å². The summed E-state index contributed by atoms with van der Waals surface area (Å²) < 4.78 is 3.07. The van der Waals surface area contributed by atoms with Gasteiger partial charge in [-0.3, -0.25) is 0 Å². The Bertz CT molecular complexity index is 790. The second-order valence-corrected chi connectivity index (χ2v) is 6.56. The van der Waals surface area contributed by atoms with Gasteiger partial charge in [-0.15, -0.1) is 0 Å². The summed E-state index contributed by atoms with van der Waals surface area (Å²) >= 11 is 3.36. The van der Waals surface area contributed by atoms with Crippen molar-refractivity contribution in [3.63, 3.8) is 0 Å². The Morgan fingerprint density at radius 3 is 2.73 bits per heavy atom. The molecule has 0 atom stereocenters. The molecule has 4 rings (SSSR count). The van der Waals surface area contributed by atoms with Gasteiger partial charge < -0.3 is 4.57 Å². The van der Waals surface area contributed by atoms with E-state index in [1.807, 2.05) is 18.6 Å². The van der Waals surface area contributed by atoms with Crippen LogP contribution in [0.15, 0.2) is 35.6 Å². The quantitative estimate of drug-likeness (QED) is 0.670. The van der Waals surface area contributed by atoms with E-state index in [0.717, 1.165) is 33.4 Å². The van der Waals surface area contributed by atoms with Gasteiger partial charge in [-0.1, -0.05) is 18.9 Å². The topological polar surface area (TPSA) is 56.5 Å². The molecule has 22 heavy (non-hydrogen) atoms. The van der Waals surface area contributed by atoms with E-state index in [1.54, 1.807) is 6.33 Å². The third-order valence-corrected chi connectivity index (χ3v) is 4.78. The van der Waals surface area contributed by atoms with Crippen LogP contribution in [0.4, 0.5) is 0 Å². The van der Waals surface area contributed by atoms with E-state index in [9.17, 15) is 0 Å². The zero-order valence-electron chi connectivity index (χ0n) is 12.1. The van der Waals surface area contributed by atoms with Crippen molar-refractivity contribution in [2.24, 2.45) is 0 Å². The summed E-state index contributed by atoms with van der Waals surface area (Å²) in [5, 5.41) is 0. The first kappa shape index (κ1) is 13.8. The zero-order chi connectivity index (χ0) is 14.9. The average molecular weight is 358 g/mol. The fourth-order valence-electron chi connectivity index (χ4n) is 3.18. The first-order chi connectivity index (χ1) is 10.8. The van der Waals surface area contributed by atoms with Crippen molar-refractivity contribution in [1.82, 2.24) is 24.5 Å². The number of hydrogen-bond donors (Lipinski definition) is 0. The van der Waals surface area contributed by atoms with E-state index in [4.69, 9.17) is 0 Å². The van der Waals surface area contributed by atoms with Gasteiger partial charge in [0.05, 0.1) is 12.0 Å². The Labute approximate surface area is 137 Å². The highest BCUT2D eigenvalue weighted by atomic mass is 79.9. The largest absolute Gasteiger partial charge is 0.312 e. The predicted octanol–water partition coefficient (Wildman–Crippen LogP) is 3.69. The van der Waals surface area contributed by atoms with Crippen LogP contribution in [0.1, 0.15) is 43.0 Å². The summed E-state index contributed by atoms with van der Waals surface area (Å²) in [6.07, 6.45) is 11.2. The van der Waals surface area contributed by atoms with Crippen LogP contribution in [0.25, 0.3) is 11.2 Å².